The Hall–Kier alpha value is -1.47. The van der Waals surface area contributed by atoms with Gasteiger partial charge in [0.2, 0.25) is 5.91 Å². The minimum Gasteiger partial charge on any atom is -0.333 e. The number of halogens is 1. The van der Waals surface area contributed by atoms with E-state index in [0.29, 0.717) is 4.90 Å². The van der Waals surface area contributed by atoms with E-state index in [1.54, 1.807) is 24.3 Å². The Bertz CT molecular complexity index is 663. The lowest BCUT2D eigenvalue weighted by Gasteiger charge is -2.12. The normalized spacial score (nSPS) is 13.2. The van der Waals surface area contributed by atoms with Crippen molar-refractivity contribution in [2.45, 2.75) is 4.90 Å². The molecular formula is C13H15BrN2O3S. The molecule has 2 amide bonds. The quantitative estimate of drug-likeness (QED) is 0.773. The van der Waals surface area contributed by atoms with Gasteiger partial charge >= 0.3 is 0 Å². The zero-order valence-electron chi connectivity index (χ0n) is 11.2. The highest BCUT2D eigenvalue weighted by Gasteiger charge is 2.13. The van der Waals surface area contributed by atoms with Gasteiger partial charge in [-0.2, -0.15) is 4.36 Å². The van der Waals surface area contributed by atoms with Gasteiger partial charge in [0, 0.05) is 22.7 Å². The predicted octanol–water partition coefficient (Wildman–Crippen LogP) is 2.08. The van der Waals surface area contributed by atoms with Gasteiger partial charge in [0.15, 0.2) is 0 Å². The molecule has 0 saturated carbocycles. The van der Waals surface area contributed by atoms with E-state index in [1.807, 2.05) is 0 Å². The molecule has 1 aromatic carbocycles. The van der Waals surface area contributed by atoms with Gasteiger partial charge in [0.25, 0.3) is 5.91 Å². The average Bonchev–Trinajstić information content (AvgIpc) is 2.36. The lowest BCUT2D eigenvalue weighted by Crippen LogP contribution is -2.30. The molecule has 0 aliphatic rings. The van der Waals surface area contributed by atoms with Crippen LogP contribution in [0.2, 0.25) is 0 Å². The van der Waals surface area contributed by atoms with Gasteiger partial charge in [-0.3, -0.25) is 9.59 Å². The second-order valence-electron chi connectivity index (χ2n) is 4.14. The van der Waals surface area contributed by atoms with Crippen LogP contribution in [-0.4, -0.2) is 40.8 Å². The Morgan fingerprint density at radius 3 is 2.70 bits per heavy atom. The topological polar surface area (TPSA) is 66.8 Å². The summed E-state index contributed by atoms with van der Waals surface area (Å²) in [5.41, 5.74) is 0. The van der Waals surface area contributed by atoms with Crippen LogP contribution in [0.5, 0.6) is 0 Å². The third-order valence-electron chi connectivity index (χ3n) is 2.43. The zero-order chi connectivity index (χ0) is 15.3. The molecule has 1 unspecified atom stereocenters. The number of hydrogen-bond acceptors (Lipinski definition) is 3. The summed E-state index contributed by atoms with van der Waals surface area (Å²) in [6, 6.07) is 6.80. The van der Waals surface area contributed by atoms with Crippen LogP contribution in [0.25, 0.3) is 0 Å². The van der Waals surface area contributed by atoms with Gasteiger partial charge in [-0.15, -0.1) is 0 Å². The number of carbonyl (C=O) groups is 2. The summed E-state index contributed by atoms with van der Waals surface area (Å²) >= 11 is 3.27. The minimum atomic E-state index is -2.83. The molecule has 0 spiro atoms. The summed E-state index contributed by atoms with van der Waals surface area (Å²) in [5, 5.41) is 0. The molecule has 0 bridgehead atoms. The highest BCUT2D eigenvalue weighted by molar-refractivity contribution is 9.10. The Morgan fingerprint density at radius 2 is 2.15 bits per heavy atom. The first-order valence-corrected chi connectivity index (χ1v) is 8.36. The van der Waals surface area contributed by atoms with Gasteiger partial charge in [-0.25, -0.2) is 4.21 Å². The van der Waals surface area contributed by atoms with E-state index in [2.05, 4.69) is 26.9 Å². The Labute approximate surface area is 127 Å². The Kier molecular flexibility index (Phi) is 5.64. The highest BCUT2D eigenvalue weighted by Crippen LogP contribution is 2.17. The van der Waals surface area contributed by atoms with Gasteiger partial charge in [0.05, 0.1) is 9.73 Å². The molecule has 1 rings (SSSR count). The predicted molar refractivity (Wildman–Crippen MR) is 81.7 cm³/mol. The van der Waals surface area contributed by atoms with E-state index in [4.69, 9.17) is 0 Å². The van der Waals surface area contributed by atoms with E-state index in [-0.39, 0.29) is 6.54 Å². The van der Waals surface area contributed by atoms with Crippen molar-refractivity contribution in [1.82, 2.24) is 4.90 Å². The first-order valence-electron chi connectivity index (χ1n) is 5.64. The largest absolute Gasteiger partial charge is 0.333 e. The van der Waals surface area contributed by atoms with E-state index in [0.717, 1.165) is 15.4 Å². The fraction of sp³-hybridized carbons (Fsp3) is 0.231. The van der Waals surface area contributed by atoms with Gasteiger partial charge in [-0.05, 0) is 24.3 Å². The summed E-state index contributed by atoms with van der Waals surface area (Å²) < 4.78 is 16.9. The number of rotatable bonds is 4. The van der Waals surface area contributed by atoms with E-state index >= 15 is 0 Å². The molecule has 0 saturated heterocycles. The molecule has 0 aliphatic carbocycles. The first kappa shape index (κ1) is 16.6. The Balaban J connectivity index is 2.97. The van der Waals surface area contributed by atoms with Crippen molar-refractivity contribution < 1.29 is 13.8 Å². The van der Waals surface area contributed by atoms with Crippen LogP contribution in [0.3, 0.4) is 0 Å². The molecule has 7 heteroatoms. The minimum absolute atomic E-state index is 0.232. The second-order valence-corrected chi connectivity index (χ2v) is 7.32. The number of amides is 2. The number of nitrogens with zero attached hydrogens (tertiary/aromatic N) is 2. The van der Waals surface area contributed by atoms with Crippen LogP contribution in [0.15, 0.2) is 50.7 Å². The fourth-order valence-corrected chi connectivity index (χ4v) is 3.19. The number of benzene rings is 1. The van der Waals surface area contributed by atoms with Gasteiger partial charge in [-0.1, -0.05) is 28.6 Å². The Morgan fingerprint density at radius 1 is 1.50 bits per heavy atom. The van der Waals surface area contributed by atoms with E-state index in [9.17, 15) is 13.8 Å². The average molecular weight is 359 g/mol. The molecule has 0 aliphatic heterocycles. The van der Waals surface area contributed by atoms with Crippen LogP contribution in [0.1, 0.15) is 0 Å². The fourth-order valence-electron chi connectivity index (χ4n) is 1.42. The lowest BCUT2D eigenvalue weighted by atomic mass is 10.4. The molecule has 0 N–H and O–H groups in total. The summed E-state index contributed by atoms with van der Waals surface area (Å²) in [4.78, 5) is 24.6. The monoisotopic (exact) mass is 358 g/mol. The molecule has 108 valence electrons. The summed E-state index contributed by atoms with van der Waals surface area (Å²) in [6.07, 6.45) is 2.49. The summed E-state index contributed by atoms with van der Waals surface area (Å²) in [6.45, 7) is 3.09. The molecule has 0 radical (unpaired) electrons. The van der Waals surface area contributed by atoms with Crippen LogP contribution >= 0.6 is 15.9 Å². The smallest absolute Gasteiger partial charge is 0.273 e. The van der Waals surface area contributed by atoms with E-state index in [1.165, 1.54) is 13.3 Å². The van der Waals surface area contributed by atoms with Gasteiger partial charge in [0.1, 0.15) is 6.54 Å². The molecule has 0 fully saturated rings. The maximum Gasteiger partial charge on any atom is 0.273 e. The maximum atomic E-state index is 12.4. The summed E-state index contributed by atoms with van der Waals surface area (Å²) in [7, 11) is -1.38. The SMILES string of the molecule is C=CC(=O)N(C)CC(=O)N=S(C)(=O)c1cccc(Br)c1. The van der Waals surface area contributed by atoms with Crippen molar-refractivity contribution in [2.24, 2.45) is 4.36 Å². The third-order valence-corrected chi connectivity index (χ3v) is 4.61. The standard InChI is InChI=1S/C13H15BrN2O3S/c1-4-13(18)16(2)9-12(17)15-20(3,19)11-7-5-6-10(14)8-11/h4-8H,1,9H2,2-3H3. The van der Waals surface area contributed by atoms with Gasteiger partial charge < -0.3 is 4.90 Å². The molecule has 1 atom stereocenters. The van der Waals surface area contributed by atoms with Crippen molar-refractivity contribution in [1.29, 1.82) is 0 Å². The highest BCUT2D eigenvalue weighted by atomic mass is 79.9. The van der Waals surface area contributed by atoms with Crippen molar-refractivity contribution in [2.75, 3.05) is 19.8 Å². The zero-order valence-corrected chi connectivity index (χ0v) is 13.6. The van der Waals surface area contributed by atoms with Crippen LogP contribution in [0, 0.1) is 0 Å². The summed E-state index contributed by atoms with van der Waals surface area (Å²) in [5.74, 6) is -1.01. The molecule has 0 aromatic heterocycles. The molecule has 20 heavy (non-hydrogen) atoms. The molecular weight excluding hydrogens is 344 g/mol. The van der Waals surface area contributed by atoms with Crippen molar-refractivity contribution in [3.05, 3.63) is 41.4 Å². The van der Waals surface area contributed by atoms with Crippen molar-refractivity contribution >= 4 is 37.5 Å². The third kappa shape index (κ3) is 4.57. The van der Waals surface area contributed by atoms with Crippen LogP contribution in [-0.2, 0) is 19.3 Å². The number of hydrogen-bond donors (Lipinski definition) is 0. The lowest BCUT2D eigenvalue weighted by molar-refractivity contribution is -0.129. The molecule has 1 aromatic rings. The van der Waals surface area contributed by atoms with E-state index < -0.39 is 21.5 Å². The van der Waals surface area contributed by atoms with Crippen LogP contribution in [0.4, 0.5) is 0 Å². The molecule has 5 nitrogen and oxygen atoms in total. The van der Waals surface area contributed by atoms with Crippen LogP contribution < -0.4 is 0 Å². The number of carbonyl (C=O) groups excluding carboxylic acids is 2. The molecule has 0 heterocycles. The van der Waals surface area contributed by atoms with Crippen molar-refractivity contribution in [3.8, 4) is 0 Å². The maximum absolute atomic E-state index is 12.4. The number of likely N-dealkylation sites (N-methyl/N-ethyl adjacent to an activating group) is 1. The first-order chi connectivity index (χ1) is 9.26. The van der Waals surface area contributed by atoms with Crippen molar-refractivity contribution in [3.63, 3.8) is 0 Å². The second kappa shape index (κ2) is 6.81.